The Morgan fingerprint density at radius 1 is 0.960 bits per heavy atom. The third-order valence-electron chi connectivity index (χ3n) is 10.00. The van der Waals surface area contributed by atoms with Crippen LogP contribution in [0.2, 0.25) is 0 Å². The van der Waals surface area contributed by atoms with E-state index in [0.29, 0.717) is 25.8 Å². The minimum absolute atomic E-state index is 0.000849. The van der Waals surface area contributed by atoms with Crippen molar-refractivity contribution in [3.63, 3.8) is 0 Å². The zero-order chi connectivity index (χ0) is 37.7. The molecule has 0 bridgehead atoms. The molecular weight excluding hydrogens is 640 g/mol. The van der Waals surface area contributed by atoms with Gasteiger partial charge in [-0.25, -0.2) is 4.79 Å². The zero-order valence-corrected chi connectivity index (χ0v) is 31.8. The molecular formula is C38H62N4O8. The van der Waals surface area contributed by atoms with Crippen molar-refractivity contribution >= 4 is 29.6 Å². The standard InChI is InChI=1S/C38H62N4O8/c1-11-25(6)34(41(8)37(46)33(24(4)5)40-31(43)20-23(2)3)30(49-9)22-32(44)42-19-15-18-29(42)35(50-10)26(7)36(45)39-28(38(47)48)21-27-16-13-12-14-17-27/h12-14,16-17,23-26,28-30,33-35H,11,15,18-22H2,1-10H3,(H,39,45)(H,40,43)(H,47,48)/t25-,26+,28-,29-,30+,33-,34?,35+/m0/s1. The highest BCUT2D eigenvalue weighted by Gasteiger charge is 2.43. The van der Waals surface area contributed by atoms with Crippen LogP contribution in [0, 0.1) is 23.7 Å². The number of ether oxygens (including phenoxy) is 2. The molecule has 4 amide bonds. The highest BCUT2D eigenvalue weighted by molar-refractivity contribution is 5.88. The van der Waals surface area contributed by atoms with Crippen LogP contribution in [-0.4, -0.2) is 109 Å². The number of carbonyl (C=O) groups excluding carboxylic acids is 4. The van der Waals surface area contributed by atoms with Crippen LogP contribution < -0.4 is 10.6 Å². The zero-order valence-electron chi connectivity index (χ0n) is 31.8. The fraction of sp³-hybridized carbons (Fsp3) is 0.711. The van der Waals surface area contributed by atoms with Gasteiger partial charge in [0.1, 0.15) is 12.1 Å². The summed E-state index contributed by atoms with van der Waals surface area (Å²) in [6.45, 7) is 13.9. The van der Waals surface area contributed by atoms with Gasteiger partial charge in [0.05, 0.1) is 36.6 Å². The number of nitrogens with zero attached hydrogens (tertiary/aromatic N) is 2. The Hall–Kier alpha value is -3.51. The van der Waals surface area contributed by atoms with Crippen molar-refractivity contribution < 1.29 is 38.6 Å². The number of carbonyl (C=O) groups is 5. The van der Waals surface area contributed by atoms with Crippen LogP contribution in [0.3, 0.4) is 0 Å². The maximum Gasteiger partial charge on any atom is 0.326 e. The molecule has 1 unspecified atom stereocenters. The van der Waals surface area contributed by atoms with Gasteiger partial charge in [-0.05, 0) is 36.2 Å². The van der Waals surface area contributed by atoms with Crippen LogP contribution in [0.5, 0.6) is 0 Å². The summed E-state index contributed by atoms with van der Waals surface area (Å²) >= 11 is 0. The molecule has 12 heteroatoms. The first kappa shape index (κ1) is 42.7. The molecule has 1 fully saturated rings. The second-order valence-corrected chi connectivity index (χ2v) is 14.6. The summed E-state index contributed by atoms with van der Waals surface area (Å²) in [5.74, 6) is -2.96. The third kappa shape index (κ3) is 11.8. The molecule has 0 aliphatic carbocycles. The van der Waals surface area contributed by atoms with Crippen molar-refractivity contribution in [2.45, 2.75) is 123 Å². The molecule has 1 aromatic carbocycles. The number of carboxylic acid groups (broad SMARTS) is 1. The smallest absolute Gasteiger partial charge is 0.326 e. The van der Waals surface area contributed by atoms with Gasteiger partial charge in [0, 0.05) is 40.7 Å². The maximum atomic E-state index is 14.1. The lowest BCUT2D eigenvalue weighted by Crippen LogP contribution is -2.58. The normalized spacial score (nSPS) is 18.9. The van der Waals surface area contributed by atoms with Gasteiger partial charge in [-0.3, -0.25) is 19.2 Å². The number of hydrogen-bond donors (Lipinski definition) is 3. The van der Waals surface area contributed by atoms with Crippen molar-refractivity contribution in [3.05, 3.63) is 35.9 Å². The summed E-state index contributed by atoms with van der Waals surface area (Å²) in [6.07, 6.45) is 1.20. The highest BCUT2D eigenvalue weighted by Crippen LogP contribution is 2.29. The quantitative estimate of drug-likeness (QED) is 0.185. The van der Waals surface area contributed by atoms with Crippen LogP contribution in [0.4, 0.5) is 0 Å². The minimum Gasteiger partial charge on any atom is -0.480 e. The lowest BCUT2D eigenvalue weighted by molar-refractivity contribution is -0.148. The van der Waals surface area contributed by atoms with E-state index in [1.165, 1.54) is 14.2 Å². The van der Waals surface area contributed by atoms with Gasteiger partial charge in [0.2, 0.25) is 23.6 Å². The largest absolute Gasteiger partial charge is 0.480 e. The SMILES string of the molecule is CC[C@H](C)C([C@@H](CC(=O)N1CCC[C@H]1[C@H](OC)[C@@H](C)C(=O)N[C@@H](Cc1ccccc1)C(=O)O)OC)N(C)C(=O)[C@@H](NC(=O)CC(C)C)C(C)C. The molecule has 1 heterocycles. The molecule has 282 valence electrons. The average molecular weight is 703 g/mol. The van der Waals surface area contributed by atoms with E-state index in [4.69, 9.17) is 9.47 Å². The number of likely N-dealkylation sites (N-methyl/N-ethyl adjacent to an activating group) is 1. The van der Waals surface area contributed by atoms with Crippen molar-refractivity contribution in [3.8, 4) is 0 Å². The molecule has 1 aliphatic heterocycles. The molecule has 3 N–H and O–H groups in total. The van der Waals surface area contributed by atoms with Crippen LogP contribution in [0.1, 0.15) is 86.1 Å². The van der Waals surface area contributed by atoms with E-state index >= 15 is 0 Å². The molecule has 0 spiro atoms. The van der Waals surface area contributed by atoms with Gasteiger partial charge in [0.25, 0.3) is 0 Å². The maximum absolute atomic E-state index is 14.1. The van der Waals surface area contributed by atoms with Gasteiger partial charge in [-0.2, -0.15) is 0 Å². The van der Waals surface area contributed by atoms with E-state index in [2.05, 4.69) is 10.6 Å². The molecule has 0 radical (unpaired) electrons. The molecule has 0 aromatic heterocycles. The average Bonchev–Trinajstić information content (AvgIpc) is 3.55. The summed E-state index contributed by atoms with van der Waals surface area (Å²) in [5.41, 5.74) is 0.787. The number of rotatable bonds is 20. The second kappa shape index (κ2) is 20.4. The van der Waals surface area contributed by atoms with Crippen molar-refractivity contribution in [1.82, 2.24) is 20.4 Å². The molecule has 2 rings (SSSR count). The Morgan fingerprint density at radius 3 is 2.12 bits per heavy atom. The van der Waals surface area contributed by atoms with Gasteiger partial charge in [0.15, 0.2) is 0 Å². The Labute approximate surface area is 299 Å². The second-order valence-electron chi connectivity index (χ2n) is 14.6. The van der Waals surface area contributed by atoms with Crippen LogP contribution >= 0.6 is 0 Å². The predicted molar refractivity (Wildman–Crippen MR) is 192 cm³/mol. The van der Waals surface area contributed by atoms with Crippen LogP contribution in [-0.2, 0) is 39.9 Å². The Kier molecular flexibility index (Phi) is 17.4. The molecule has 12 nitrogen and oxygen atoms in total. The summed E-state index contributed by atoms with van der Waals surface area (Å²) in [5, 5.41) is 15.5. The van der Waals surface area contributed by atoms with Gasteiger partial charge < -0.3 is 35.0 Å². The number of aliphatic carboxylic acids is 1. The fourth-order valence-electron chi connectivity index (χ4n) is 7.00. The molecule has 0 saturated carbocycles. The van der Waals surface area contributed by atoms with E-state index in [9.17, 15) is 29.1 Å². The Bertz CT molecular complexity index is 1260. The summed E-state index contributed by atoms with van der Waals surface area (Å²) in [6, 6.07) is 6.39. The lowest BCUT2D eigenvalue weighted by Gasteiger charge is -2.40. The van der Waals surface area contributed by atoms with Gasteiger partial charge in [-0.15, -0.1) is 0 Å². The number of carboxylic acids is 1. The predicted octanol–water partition coefficient (Wildman–Crippen LogP) is 3.91. The van der Waals surface area contributed by atoms with Gasteiger partial charge in [-0.1, -0.05) is 85.2 Å². The van der Waals surface area contributed by atoms with Gasteiger partial charge >= 0.3 is 5.97 Å². The number of benzene rings is 1. The molecule has 8 atom stereocenters. The first-order valence-electron chi connectivity index (χ1n) is 18.1. The number of likely N-dealkylation sites (tertiary alicyclic amines) is 1. The number of nitrogens with one attached hydrogen (secondary N) is 2. The highest BCUT2D eigenvalue weighted by atomic mass is 16.5. The van der Waals surface area contributed by atoms with E-state index in [1.807, 2.05) is 71.9 Å². The fourth-order valence-corrected chi connectivity index (χ4v) is 7.00. The Balaban J connectivity index is 2.24. The van der Waals surface area contributed by atoms with E-state index in [-0.39, 0.29) is 48.3 Å². The Morgan fingerprint density at radius 2 is 1.60 bits per heavy atom. The summed E-state index contributed by atoms with van der Waals surface area (Å²) in [7, 11) is 4.74. The minimum atomic E-state index is -1.14. The molecule has 50 heavy (non-hydrogen) atoms. The molecule has 1 aliphatic rings. The first-order chi connectivity index (χ1) is 23.6. The first-order valence-corrected chi connectivity index (χ1v) is 18.1. The summed E-state index contributed by atoms with van der Waals surface area (Å²) in [4.78, 5) is 69.5. The topological polar surface area (TPSA) is 155 Å². The monoisotopic (exact) mass is 702 g/mol. The van der Waals surface area contributed by atoms with E-state index in [0.717, 1.165) is 12.0 Å². The number of hydrogen-bond acceptors (Lipinski definition) is 7. The van der Waals surface area contributed by atoms with Crippen LogP contribution in [0.15, 0.2) is 30.3 Å². The molecule has 1 saturated heterocycles. The molecule has 1 aromatic rings. The number of methoxy groups -OCH3 is 2. The van der Waals surface area contributed by atoms with Crippen LogP contribution in [0.25, 0.3) is 0 Å². The lowest BCUT2D eigenvalue weighted by atomic mass is 9.89. The van der Waals surface area contributed by atoms with Crippen molar-refractivity contribution in [1.29, 1.82) is 0 Å². The van der Waals surface area contributed by atoms with Crippen molar-refractivity contribution in [2.75, 3.05) is 27.8 Å². The van der Waals surface area contributed by atoms with Crippen molar-refractivity contribution in [2.24, 2.45) is 23.7 Å². The number of amides is 4. The third-order valence-corrected chi connectivity index (χ3v) is 10.00. The van der Waals surface area contributed by atoms with E-state index < -0.39 is 54.2 Å². The van der Waals surface area contributed by atoms with E-state index in [1.54, 1.807) is 23.8 Å². The summed E-state index contributed by atoms with van der Waals surface area (Å²) < 4.78 is 11.8.